The topological polar surface area (TPSA) is 21.7 Å². The highest BCUT2D eigenvalue weighted by molar-refractivity contribution is 9.09. The van der Waals surface area contributed by atoms with Gasteiger partial charge < -0.3 is 9.47 Å². The van der Waals surface area contributed by atoms with Gasteiger partial charge in [0, 0.05) is 38.2 Å². The van der Waals surface area contributed by atoms with Crippen LogP contribution in [0.15, 0.2) is 0 Å². The van der Waals surface area contributed by atoms with Gasteiger partial charge in [0.25, 0.3) is 0 Å². The molecule has 0 N–H and O–H groups in total. The van der Waals surface area contributed by atoms with Gasteiger partial charge >= 0.3 is 0 Å². The van der Waals surface area contributed by atoms with E-state index in [4.69, 9.17) is 9.47 Å². The Morgan fingerprint density at radius 2 is 1.60 bits per heavy atom. The number of morpholine rings is 1. The number of hydrogen-bond donors (Lipinski definition) is 0. The monoisotopic (exact) mass is 277 g/mol. The third-order valence-electron chi connectivity index (χ3n) is 3.50. The van der Waals surface area contributed by atoms with Gasteiger partial charge in [-0.15, -0.1) is 0 Å². The van der Waals surface area contributed by atoms with Gasteiger partial charge in [0.2, 0.25) is 0 Å². The van der Waals surface area contributed by atoms with Crippen molar-refractivity contribution in [1.29, 1.82) is 0 Å². The number of ether oxygens (including phenoxy) is 2. The average molecular weight is 278 g/mol. The van der Waals surface area contributed by atoms with Crippen LogP contribution in [0, 0.1) is 5.41 Å². The molecule has 0 aromatic carbocycles. The molecule has 0 radical (unpaired) electrons. The van der Waals surface area contributed by atoms with Gasteiger partial charge in [0.05, 0.1) is 13.2 Å². The Kier molecular flexibility index (Phi) is 4.43. The van der Waals surface area contributed by atoms with E-state index in [-0.39, 0.29) is 0 Å². The summed E-state index contributed by atoms with van der Waals surface area (Å²) in [5.74, 6) is 0. The first-order chi connectivity index (χ1) is 7.35. The molecule has 2 fully saturated rings. The van der Waals surface area contributed by atoms with Crippen LogP contribution in [-0.2, 0) is 9.47 Å². The first-order valence-electron chi connectivity index (χ1n) is 5.78. The summed E-state index contributed by atoms with van der Waals surface area (Å²) >= 11 is 3.68. The smallest absolute Gasteiger partial charge is 0.0594 e. The lowest BCUT2D eigenvalue weighted by molar-refractivity contribution is -0.0195. The maximum absolute atomic E-state index is 5.45. The van der Waals surface area contributed by atoms with Crippen molar-refractivity contribution in [2.24, 2.45) is 5.41 Å². The van der Waals surface area contributed by atoms with Gasteiger partial charge in [-0.25, -0.2) is 0 Å². The highest BCUT2D eigenvalue weighted by Crippen LogP contribution is 2.33. The Labute approximate surface area is 100 Å². The molecule has 0 aromatic heterocycles. The Morgan fingerprint density at radius 1 is 1.00 bits per heavy atom. The van der Waals surface area contributed by atoms with Crippen LogP contribution in [0.25, 0.3) is 0 Å². The number of alkyl halides is 1. The van der Waals surface area contributed by atoms with Gasteiger partial charge in [-0.2, -0.15) is 0 Å². The van der Waals surface area contributed by atoms with Gasteiger partial charge in [-0.3, -0.25) is 4.90 Å². The summed E-state index contributed by atoms with van der Waals surface area (Å²) in [5, 5.41) is 1.10. The molecular formula is C11H20BrNO2. The van der Waals surface area contributed by atoms with Crippen molar-refractivity contribution in [1.82, 2.24) is 4.90 Å². The lowest BCUT2D eigenvalue weighted by Crippen LogP contribution is -2.46. The zero-order chi connectivity index (χ0) is 10.6. The first-order valence-corrected chi connectivity index (χ1v) is 6.91. The van der Waals surface area contributed by atoms with E-state index >= 15 is 0 Å². The van der Waals surface area contributed by atoms with Crippen LogP contribution in [0.5, 0.6) is 0 Å². The van der Waals surface area contributed by atoms with E-state index in [0.29, 0.717) is 5.41 Å². The van der Waals surface area contributed by atoms with Gasteiger partial charge in [0.15, 0.2) is 0 Å². The predicted octanol–water partition coefficient (Wildman–Crippen LogP) is 1.51. The molecule has 0 spiro atoms. The van der Waals surface area contributed by atoms with Crippen LogP contribution in [0.1, 0.15) is 12.8 Å². The van der Waals surface area contributed by atoms with Crippen LogP contribution in [0.3, 0.4) is 0 Å². The third kappa shape index (κ3) is 3.16. The van der Waals surface area contributed by atoms with Crippen molar-refractivity contribution in [2.45, 2.75) is 12.8 Å². The summed E-state index contributed by atoms with van der Waals surface area (Å²) in [5.41, 5.74) is 0.440. The third-order valence-corrected chi connectivity index (χ3v) is 4.69. The molecule has 0 aromatic rings. The fraction of sp³-hybridized carbons (Fsp3) is 1.00. The molecule has 0 amide bonds. The van der Waals surface area contributed by atoms with Gasteiger partial charge in [-0.1, -0.05) is 15.9 Å². The Hall–Kier alpha value is 0.360. The second-order valence-corrected chi connectivity index (χ2v) is 5.20. The molecule has 2 heterocycles. The first kappa shape index (κ1) is 11.8. The molecule has 0 bridgehead atoms. The SMILES string of the molecule is BrCC1(CN2CCOCC2)CCOCC1. The van der Waals surface area contributed by atoms with Crippen LogP contribution in [0.4, 0.5) is 0 Å². The number of nitrogens with zero attached hydrogens (tertiary/aromatic N) is 1. The summed E-state index contributed by atoms with van der Waals surface area (Å²) in [6.07, 6.45) is 2.38. The van der Waals surface area contributed by atoms with E-state index in [9.17, 15) is 0 Å². The largest absolute Gasteiger partial charge is 0.381 e. The molecule has 88 valence electrons. The fourth-order valence-electron chi connectivity index (χ4n) is 2.37. The van der Waals surface area contributed by atoms with Crippen LogP contribution >= 0.6 is 15.9 Å². The normalized spacial score (nSPS) is 27.8. The van der Waals surface area contributed by atoms with E-state index in [1.165, 1.54) is 19.4 Å². The van der Waals surface area contributed by atoms with Crippen molar-refractivity contribution < 1.29 is 9.47 Å². The number of hydrogen-bond acceptors (Lipinski definition) is 3. The maximum atomic E-state index is 5.45. The molecule has 2 aliphatic heterocycles. The molecule has 2 aliphatic rings. The second-order valence-electron chi connectivity index (χ2n) is 4.63. The van der Waals surface area contributed by atoms with E-state index in [2.05, 4.69) is 20.8 Å². The van der Waals surface area contributed by atoms with Crippen LogP contribution < -0.4 is 0 Å². The zero-order valence-corrected chi connectivity index (χ0v) is 10.8. The van der Waals surface area contributed by atoms with Gasteiger partial charge in [0.1, 0.15) is 0 Å². The minimum atomic E-state index is 0.440. The molecular weight excluding hydrogens is 258 g/mol. The van der Waals surface area contributed by atoms with Crippen molar-refractivity contribution in [3.8, 4) is 0 Å². The molecule has 3 nitrogen and oxygen atoms in total. The molecule has 15 heavy (non-hydrogen) atoms. The Morgan fingerprint density at radius 3 is 2.20 bits per heavy atom. The Bertz CT molecular complexity index is 189. The summed E-state index contributed by atoms with van der Waals surface area (Å²) in [7, 11) is 0. The van der Waals surface area contributed by atoms with Crippen LogP contribution in [-0.4, -0.2) is 56.3 Å². The lowest BCUT2D eigenvalue weighted by atomic mass is 9.82. The predicted molar refractivity (Wildman–Crippen MR) is 63.5 cm³/mol. The zero-order valence-electron chi connectivity index (χ0n) is 9.21. The molecule has 0 aliphatic carbocycles. The second kappa shape index (κ2) is 5.62. The van der Waals surface area contributed by atoms with Gasteiger partial charge in [-0.05, 0) is 18.3 Å². The molecule has 0 saturated carbocycles. The fourth-order valence-corrected chi connectivity index (χ4v) is 3.11. The van der Waals surface area contributed by atoms with E-state index in [1.54, 1.807) is 0 Å². The molecule has 2 rings (SSSR count). The highest BCUT2D eigenvalue weighted by atomic mass is 79.9. The molecule has 4 heteroatoms. The number of halogens is 1. The number of rotatable bonds is 3. The summed E-state index contributed by atoms with van der Waals surface area (Å²) < 4.78 is 10.8. The van der Waals surface area contributed by atoms with Crippen LogP contribution in [0.2, 0.25) is 0 Å². The minimum Gasteiger partial charge on any atom is -0.381 e. The molecule has 2 saturated heterocycles. The van der Waals surface area contributed by atoms with E-state index in [0.717, 1.165) is 44.8 Å². The summed E-state index contributed by atoms with van der Waals surface area (Å²) in [6, 6.07) is 0. The average Bonchev–Trinajstić information content (AvgIpc) is 2.32. The standard InChI is InChI=1S/C11H20BrNO2/c12-9-11(1-5-14-6-2-11)10-13-3-7-15-8-4-13/h1-10H2. The Balaban J connectivity index is 1.87. The minimum absolute atomic E-state index is 0.440. The van der Waals surface area contributed by atoms with Crippen molar-refractivity contribution in [2.75, 3.05) is 51.4 Å². The molecule has 0 atom stereocenters. The van der Waals surface area contributed by atoms with E-state index < -0.39 is 0 Å². The molecule has 0 unspecified atom stereocenters. The van der Waals surface area contributed by atoms with Crippen molar-refractivity contribution in [3.05, 3.63) is 0 Å². The van der Waals surface area contributed by atoms with E-state index in [1.807, 2.05) is 0 Å². The summed E-state index contributed by atoms with van der Waals surface area (Å²) in [4.78, 5) is 2.54. The van der Waals surface area contributed by atoms with Crippen molar-refractivity contribution >= 4 is 15.9 Å². The van der Waals surface area contributed by atoms with Crippen molar-refractivity contribution in [3.63, 3.8) is 0 Å². The maximum Gasteiger partial charge on any atom is 0.0594 e. The highest BCUT2D eigenvalue weighted by Gasteiger charge is 2.33. The summed E-state index contributed by atoms with van der Waals surface area (Å²) in [6.45, 7) is 7.03. The quantitative estimate of drug-likeness (QED) is 0.730. The lowest BCUT2D eigenvalue weighted by Gasteiger charge is -2.41.